The van der Waals surface area contributed by atoms with E-state index in [-0.39, 0.29) is 0 Å². The topological polar surface area (TPSA) is 24.1 Å². The average molecular weight is 196 g/mol. The van der Waals surface area contributed by atoms with Gasteiger partial charge in [0.05, 0.1) is 0 Å². The fourth-order valence-corrected chi connectivity index (χ4v) is 3.46. The van der Waals surface area contributed by atoms with Crippen LogP contribution in [0.15, 0.2) is 0 Å². The summed E-state index contributed by atoms with van der Waals surface area (Å²) in [6.07, 6.45) is 5.66. The lowest BCUT2D eigenvalue weighted by Crippen LogP contribution is -2.34. The van der Waals surface area contributed by atoms with Gasteiger partial charge in [0, 0.05) is 18.1 Å². The molecule has 0 radical (unpaired) electrons. The second kappa shape index (κ2) is 4.19. The first-order valence-electron chi connectivity index (χ1n) is 6.12. The molecule has 0 heterocycles. The van der Waals surface area contributed by atoms with E-state index >= 15 is 0 Å². The van der Waals surface area contributed by atoms with Crippen LogP contribution in [0.4, 0.5) is 0 Å². The molecule has 2 fully saturated rings. The number of hydrogen-bond donors (Lipinski definition) is 2. The van der Waals surface area contributed by atoms with E-state index < -0.39 is 0 Å². The van der Waals surface area contributed by atoms with Crippen molar-refractivity contribution in [3.8, 4) is 0 Å². The summed E-state index contributed by atoms with van der Waals surface area (Å²) in [7, 11) is 2.11. The molecule has 2 rings (SSSR count). The summed E-state index contributed by atoms with van der Waals surface area (Å²) in [5.41, 5.74) is 0. The van der Waals surface area contributed by atoms with E-state index in [1.807, 2.05) is 0 Å². The number of rotatable bonds is 3. The largest absolute Gasteiger partial charge is 0.317 e. The van der Waals surface area contributed by atoms with Gasteiger partial charge in [0.1, 0.15) is 0 Å². The molecule has 2 N–H and O–H groups in total. The van der Waals surface area contributed by atoms with Crippen molar-refractivity contribution in [3.63, 3.8) is 0 Å². The second-order valence-corrected chi connectivity index (χ2v) is 5.47. The molecule has 0 aromatic rings. The van der Waals surface area contributed by atoms with Crippen LogP contribution in [0.1, 0.15) is 39.5 Å². The Morgan fingerprint density at radius 2 is 1.43 bits per heavy atom. The maximum atomic E-state index is 3.68. The fraction of sp³-hybridized carbons (Fsp3) is 1.00. The van der Waals surface area contributed by atoms with Gasteiger partial charge < -0.3 is 10.6 Å². The summed E-state index contributed by atoms with van der Waals surface area (Å²) in [5.74, 6) is 2.01. The van der Waals surface area contributed by atoms with Crippen LogP contribution in [0.5, 0.6) is 0 Å². The minimum atomic E-state index is 0.652. The lowest BCUT2D eigenvalue weighted by molar-refractivity contribution is 0.422. The van der Waals surface area contributed by atoms with Gasteiger partial charge in [0.25, 0.3) is 0 Å². The highest BCUT2D eigenvalue weighted by molar-refractivity contribution is 4.96. The van der Waals surface area contributed by atoms with Crippen molar-refractivity contribution in [3.05, 3.63) is 0 Å². The van der Waals surface area contributed by atoms with E-state index in [2.05, 4.69) is 31.5 Å². The lowest BCUT2D eigenvalue weighted by Gasteiger charge is -2.18. The van der Waals surface area contributed by atoms with Gasteiger partial charge >= 0.3 is 0 Å². The molecule has 2 nitrogen and oxygen atoms in total. The third-order valence-electron chi connectivity index (χ3n) is 3.99. The Morgan fingerprint density at radius 1 is 0.929 bits per heavy atom. The summed E-state index contributed by atoms with van der Waals surface area (Å²) in [6, 6.07) is 2.27. The molecule has 82 valence electrons. The highest BCUT2D eigenvalue weighted by Crippen LogP contribution is 2.44. The van der Waals surface area contributed by atoms with Crippen LogP contribution in [0, 0.1) is 11.8 Å². The zero-order chi connectivity index (χ0) is 10.1. The Hall–Kier alpha value is -0.0800. The van der Waals surface area contributed by atoms with Crippen molar-refractivity contribution in [1.29, 1.82) is 0 Å². The van der Waals surface area contributed by atoms with Crippen molar-refractivity contribution in [1.82, 2.24) is 10.6 Å². The molecule has 4 atom stereocenters. The van der Waals surface area contributed by atoms with Gasteiger partial charge in [0.2, 0.25) is 0 Å². The van der Waals surface area contributed by atoms with E-state index in [9.17, 15) is 0 Å². The summed E-state index contributed by atoms with van der Waals surface area (Å²) >= 11 is 0. The first-order chi connectivity index (χ1) is 6.69. The van der Waals surface area contributed by atoms with Gasteiger partial charge in [-0.05, 0) is 44.6 Å². The SMILES string of the molecule is CNC1C[C@@H]2CC(NC(C)C)C[C@@H]2C1. The number of nitrogens with one attached hydrogen (secondary N) is 2. The molecule has 2 unspecified atom stereocenters. The van der Waals surface area contributed by atoms with Crippen LogP contribution in [-0.4, -0.2) is 25.2 Å². The van der Waals surface area contributed by atoms with Crippen LogP contribution in [0.2, 0.25) is 0 Å². The van der Waals surface area contributed by atoms with Crippen LogP contribution in [0.3, 0.4) is 0 Å². The summed E-state index contributed by atoms with van der Waals surface area (Å²) in [4.78, 5) is 0. The molecule has 2 heteroatoms. The summed E-state index contributed by atoms with van der Waals surface area (Å²) < 4.78 is 0. The minimum Gasteiger partial charge on any atom is -0.317 e. The van der Waals surface area contributed by atoms with Crippen molar-refractivity contribution in [2.45, 2.75) is 57.7 Å². The molecule has 0 aromatic heterocycles. The zero-order valence-corrected chi connectivity index (χ0v) is 9.72. The predicted molar refractivity (Wildman–Crippen MR) is 60.4 cm³/mol. The highest BCUT2D eigenvalue weighted by atomic mass is 15.0. The maximum Gasteiger partial charge on any atom is 0.00749 e. The third kappa shape index (κ3) is 2.12. The van der Waals surface area contributed by atoms with Crippen molar-refractivity contribution >= 4 is 0 Å². The molecule has 0 spiro atoms. The van der Waals surface area contributed by atoms with Crippen molar-refractivity contribution < 1.29 is 0 Å². The molecule has 2 aliphatic carbocycles. The Morgan fingerprint density at radius 3 is 1.86 bits per heavy atom. The van der Waals surface area contributed by atoms with Crippen molar-refractivity contribution in [2.24, 2.45) is 11.8 Å². The second-order valence-electron chi connectivity index (χ2n) is 5.47. The van der Waals surface area contributed by atoms with Gasteiger partial charge in [0.15, 0.2) is 0 Å². The maximum absolute atomic E-state index is 3.68. The predicted octanol–water partition coefficient (Wildman–Crippen LogP) is 1.76. The van der Waals surface area contributed by atoms with E-state index in [1.54, 1.807) is 0 Å². The van der Waals surface area contributed by atoms with E-state index in [1.165, 1.54) is 25.7 Å². The molecule has 2 aliphatic rings. The highest BCUT2D eigenvalue weighted by Gasteiger charge is 2.40. The zero-order valence-electron chi connectivity index (χ0n) is 9.72. The quantitative estimate of drug-likeness (QED) is 0.719. The third-order valence-corrected chi connectivity index (χ3v) is 3.99. The van der Waals surface area contributed by atoms with Crippen LogP contribution in [-0.2, 0) is 0 Å². The van der Waals surface area contributed by atoms with E-state index in [4.69, 9.17) is 0 Å². The van der Waals surface area contributed by atoms with E-state index in [0.29, 0.717) is 6.04 Å². The molecule has 0 amide bonds. The standard InChI is InChI=1S/C12H24N2/c1-8(2)14-12-6-9-4-11(13-3)5-10(9)7-12/h8-14H,4-7H2,1-3H3/t9-,10+,11?,12?. The molecular weight excluding hydrogens is 172 g/mol. The number of hydrogen-bond acceptors (Lipinski definition) is 2. The summed E-state index contributed by atoms with van der Waals surface area (Å²) in [6.45, 7) is 4.51. The van der Waals surface area contributed by atoms with Gasteiger partial charge in [-0.15, -0.1) is 0 Å². The Balaban J connectivity index is 1.81. The molecule has 0 aliphatic heterocycles. The van der Waals surface area contributed by atoms with Crippen LogP contribution >= 0.6 is 0 Å². The minimum absolute atomic E-state index is 0.652. The van der Waals surface area contributed by atoms with Gasteiger partial charge in [-0.2, -0.15) is 0 Å². The molecule has 2 saturated carbocycles. The van der Waals surface area contributed by atoms with Crippen LogP contribution in [0.25, 0.3) is 0 Å². The summed E-state index contributed by atoms with van der Waals surface area (Å²) in [5, 5.41) is 7.11. The van der Waals surface area contributed by atoms with Gasteiger partial charge in [-0.25, -0.2) is 0 Å². The monoisotopic (exact) mass is 196 g/mol. The van der Waals surface area contributed by atoms with Gasteiger partial charge in [-0.1, -0.05) is 13.8 Å². The normalized spacial score (nSPS) is 42.0. The first kappa shape index (κ1) is 10.4. The molecule has 0 aromatic carbocycles. The average Bonchev–Trinajstić information content (AvgIpc) is 2.59. The van der Waals surface area contributed by atoms with Crippen molar-refractivity contribution in [2.75, 3.05) is 7.05 Å². The smallest absolute Gasteiger partial charge is 0.00749 e. The molecule has 0 saturated heterocycles. The Kier molecular flexibility index (Phi) is 3.13. The molecule has 14 heavy (non-hydrogen) atoms. The van der Waals surface area contributed by atoms with Gasteiger partial charge in [-0.3, -0.25) is 0 Å². The number of fused-ring (bicyclic) bond motifs is 1. The Labute approximate surface area is 87.8 Å². The fourth-order valence-electron chi connectivity index (χ4n) is 3.46. The molecule has 0 bridgehead atoms. The molecular formula is C12H24N2. The van der Waals surface area contributed by atoms with E-state index in [0.717, 1.165) is 23.9 Å². The lowest BCUT2D eigenvalue weighted by atomic mass is 10.0. The Bertz CT molecular complexity index is 177. The first-order valence-corrected chi connectivity index (χ1v) is 6.12. The van der Waals surface area contributed by atoms with Crippen LogP contribution < -0.4 is 10.6 Å².